The van der Waals surface area contributed by atoms with Crippen molar-refractivity contribution < 1.29 is 9.59 Å². The van der Waals surface area contributed by atoms with E-state index in [0.717, 1.165) is 15.4 Å². The first kappa shape index (κ1) is 16.2. The van der Waals surface area contributed by atoms with Crippen molar-refractivity contribution in [3.63, 3.8) is 0 Å². The molecule has 2 aromatic heterocycles. The van der Waals surface area contributed by atoms with Crippen molar-refractivity contribution in [1.82, 2.24) is 15.3 Å². The van der Waals surface area contributed by atoms with Crippen LogP contribution in [0.2, 0.25) is 0 Å². The van der Waals surface area contributed by atoms with Crippen LogP contribution < -0.4 is 10.6 Å². The quantitative estimate of drug-likeness (QED) is 0.643. The number of carbonyl (C=O) groups excluding carboxylic acids is 2. The van der Waals surface area contributed by atoms with E-state index in [4.69, 9.17) is 0 Å². The molecule has 0 saturated heterocycles. The summed E-state index contributed by atoms with van der Waals surface area (Å²) in [6.45, 7) is 1.82. The summed E-state index contributed by atoms with van der Waals surface area (Å²) in [6, 6.07) is 9.20. The van der Waals surface area contributed by atoms with Crippen molar-refractivity contribution in [3.8, 4) is 0 Å². The molecule has 0 fully saturated rings. The van der Waals surface area contributed by atoms with Crippen molar-refractivity contribution in [2.45, 2.75) is 13.5 Å². The highest BCUT2D eigenvalue weighted by atomic mass is 79.9. The molecule has 3 N–H and O–H groups in total. The number of H-pyrrole nitrogens is 1. The fourth-order valence-corrected chi connectivity index (χ4v) is 2.74. The van der Waals surface area contributed by atoms with E-state index in [9.17, 15) is 9.59 Å². The van der Waals surface area contributed by atoms with Crippen molar-refractivity contribution in [2.24, 2.45) is 0 Å². The van der Waals surface area contributed by atoms with Gasteiger partial charge in [0.15, 0.2) is 0 Å². The van der Waals surface area contributed by atoms with Gasteiger partial charge in [-0.05, 0) is 39.7 Å². The van der Waals surface area contributed by atoms with Crippen molar-refractivity contribution >= 4 is 44.5 Å². The van der Waals surface area contributed by atoms with Gasteiger partial charge in [0.2, 0.25) is 5.91 Å². The first-order valence-electron chi connectivity index (χ1n) is 7.30. The second-order valence-corrected chi connectivity index (χ2v) is 6.23. The lowest BCUT2D eigenvalue weighted by Crippen LogP contribution is -2.22. The second kappa shape index (κ2) is 6.84. The van der Waals surface area contributed by atoms with Crippen LogP contribution in [0.5, 0.6) is 0 Å². The van der Waals surface area contributed by atoms with Crippen LogP contribution >= 0.6 is 15.9 Å². The third-order valence-corrected chi connectivity index (χ3v) is 3.88. The highest BCUT2D eigenvalue weighted by Crippen LogP contribution is 2.20. The molecule has 0 aliphatic rings. The molecule has 7 heteroatoms. The number of nitrogens with one attached hydrogen (secondary N) is 3. The lowest BCUT2D eigenvalue weighted by molar-refractivity contribution is -0.114. The van der Waals surface area contributed by atoms with Crippen LogP contribution in [0.1, 0.15) is 22.8 Å². The number of hydrogen-bond acceptors (Lipinski definition) is 3. The monoisotopic (exact) mass is 386 g/mol. The van der Waals surface area contributed by atoms with E-state index in [1.54, 1.807) is 18.5 Å². The highest BCUT2D eigenvalue weighted by Gasteiger charge is 2.13. The third kappa shape index (κ3) is 3.62. The van der Waals surface area contributed by atoms with Crippen LogP contribution in [-0.2, 0) is 11.3 Å². The number of aromatic nitrogens is 2. The predicted molar refractivity (Wildman–Crippen MR) is 95.7 cm³/mol. The summed E-state index contributed by atoms with van der Waals surface area (Å²) in [6.07, 6.45) is 3.32. The minimum absolute atomic E-state index is 0.131. The number of anilines is 1. The zero-order chi connectivity index (χ0) is 17.1. The highest BCUT2D eigenvalue weighted by molar-refractivity contribution is 9.10. The molecule has 6 nitrogen and oxygen atoms in total. The molecule has 24 heavy (non-hydrogen) atoms. The molecule has 3 rings (SSSR count). The van der Waals surface area contributed by atoms with Crippen LogP contribution in [-0.4, -0.2) is 21.8 Å². The normalized spacial score (nSPS) is 10.6. The number of halogens is 1. The summed E-state index contributed by atoms with van der Waals surface area (Å²) in [7, 11) is 0. The largest absolute Gasteiger partial charge is 0.348 e. The lowest BCUT2D eigenvalue weighted by atomic mass is 10.1. The first-order chi connectivity index (χ1) is 11.5. The Labute approximate surface area is 146 Å². The van der Waals surface area contributed by atoms with Crippen LogP contribution in [0.4, 0.5) is 5.69 Å². The molecule has 3 aromatic rings. The molecule has 0 saturated carbocycles. The smallest absolute Gasteiger partial charge is 0.253 e. The molecule has 2 amide bonds. The zero-order valence-corrected chi connectivity index (χ0v) is 14.5. The molecule has 0 unspecified atom stereocenters. The van der Waals surface area contributed by atoms with Gasteiger partial charge in [-0.15, -0.1) is 0 Å². The van der Waals surface area contributed by atoms with E-state index < -0.39 is 0 Å². The molecule has 0 bridgehead atoms. The molecule has 2 heterocycles. The van der Waals surface area contributed by atoms with Gasteiger partial charge in [0.05, 0.1) is 5.56 Å². The Balaban J connectivity index is 1.73. The number of nitrogens with zero attached hydrogens (tertiary/aromatic N) is 1. The van der Waals surface area contributed by atoms with Crippen molar-refractivity contribution in [3.05, 3.63) is 58.3 Å². The number of aromatic amines is 1. The van der Waals surface area contributed by atoms with Gasteiger partial charge in [-0.3, -0.25) is 9.59 Å². The fourth-order valence-electron chi connectivity index (χ4n) is 2.41. The topological polar surface area (TPSA) is 86.9 Å². The summed E-state index contributed by atoms with van der Waals surface area (Å²) in [5.74, 6) is -0.320. The predicted octanol–water partition coefficient (Wildman–Crippen LogP) is 3.21. The van der Waals surface area contributed by atoms with E-state index in [1.807, 2.05) is 24.3 Å². The van der Waals surface area contributed by atoms with Crippen LogP contribution in [0.15, 0.2) is 47.2 Å². The van der Waals surface area contributed by atoms with Gasteiger partial charge in [0.1, 0.15) is 5.65 Å². The first-order valence-corrected chi connectivity index (χ1v) is 8.09. The standard InChI is InChI=1S/C17H15BrN4O2/c1-10(23)22-13-4-2-3-11(5-13)7-21-17(24)15-9-20-16-14(15)6-12(18)8-19-16/h2-6,8-9H,7H2,1H3,(H,19,20)(H,21,24)(H,22,23). The molecular weight excluding hydrogens is 372 g/mol. The average molecular weight is 387 g/mol. The summed E-state index contributed by atoms with van der Waals surface area (Å²) < 4.78 is 0.812. The Morgan fingerprint density at radius 3 is 2.92 bits per heavy atom. The Kier molecular flexibility index (Phi) is 4.61. The van der Waals surface area contributed by atoms with Gasteiger partial charge in [-0.2, -0.15) is 0 Å². The molecule has 0 aliphatic carbocycles. The molecule has 0 radical (unpaired) electrons. The average Bonchev–Trinajstić information content (AvgIpc) is 2.95. The number of pyridine rings is 1. The van der Waals surface area contributed by atoms with E-state index >= 15 is 0 Å². The Morgan fingerprint density at radius 1 is 1.29 bits per heavy atom. The van der Waals surface area contributed by atoms with Gasteiger partial charge in [0, 0.05) is 41.4 Å². The van der Waals surface area contributed by atoms with Crippen LogP contribution in [0, 0.1) is 0 Å². The third-order valence-electron chi connectivity index (χ3n) is 3.44. The second-order valence-electron chi connectivity index (χ2n) is 5.32. The van der Waals surface area contributed by atoms with Gasteiger partial charge >= 0.3 is 0 Å². The number of amides is 2. The van der Waals surface area contributed by atoms with Crippen LogP contribution in [0.25, 0.3) is 11.0 Å². The van der Waals surface area contributed by atoms with Crippen LogP contribution in [0.3, 0.4) is 0 Å². The maximum atomic E-state index is 12.4. The summed E-state index contributed by atoms with van der Waals surface area (Å²) in [5.41, 5.74) is 2.80. The fraction of sp³-hybridized carbons (Fsp3) is 0.118. The molecule has 0 spiro atoms. The molecule has 1 aromatic carbocycles. The van der Waals surface area contributed by atoms with Gasteiger partial charge in [0.25, 0.3) is 5.91 Å². The summed E-state index contributed by atoms with van der Waals surface area (Å²) >= 11 is 3.36. The number of hydrogen-bond donors (Lipinski definition) is 3. The van der Waals surface area contributed by atoms with Crippen molar-refractivity contribution in [1.29, 1.82) is 0 Å². The van der Waals surface area contributed by atoms with E-state index in [-0.39, 0.29) is 11.8 Å². The Hall–Kier alpha value is -2.67. The number of benzene rings is 1. The van der Waals surface area contributed by atoms with Gasteiger partial charge in [-0.1, -0.05) is 12.1 Å². The lowest BCUT2D eigenvalue weighted by Gasteiger charge is -2.07. The minimum atomic E-state index is -0.189. The maximum absolute atomic E-state index is 12.4. The minimum Gasteiger partial charge on any atom is -0.348 e. The molecule has 0 atom stereocenters. The van der Waals surface area contributed by atoms with Crippen molar-refractivity contribution in [2.75, 3.05) is 5.32 Å². The SMILES string of the molecule is CC(=O)Nc1cccc(CNC(=O)c2c[nH]c3ncc(Br)cc23)c1. The number of carbonyl (C=O) groups is 2. The molecule has 122 valence electrons. The van der Waals surface area contributed by atoms with E-state index in [0.29, 0.717) is 23.4 Å². The van der Waals surface area contributed by atoms with E-state index in [1.165, 1.54) is 6.92 Å². The number of rotatable bonds is 4. The maximum Gasteiger partial charge on any atom is 0.253 e. The Morgan fingerprint density at radius 2 is 2.12 bits per heavy atom. The van der Waals surface area contributed by atoms with Gasteiger partial charge < -0.3 is 15.6 Å². The summed E-state index contributed by atoms with van der Waals surface area (Å²) in [5, 5.41) is 6.36. The summed E-state index contributed by atoms with van der Waals surface area (Å²) in [4.78, 5) is 30.7. The molecule has 0 aliphatic heterocycles. The zero-order valence-electron chi connectivity index (χ0n) is 12.9. The Bertz CT molecular complexity index is 920. The molecular formula is C17H15BrN4O2. The van der Waals surface area contributed by atoms with E-state index in [2.05, 4.69) is 36.5 Å². The van der Waals surface area contributed by atoms with Gasteiger partial charge in [-0.25, -0.2) is 4.98 Å². The number of fused-ring (bicyclic) bond motifs is 1.